The van der Waals surface area contributed by atoms with Crippen LogP contribution in [-0.4, -0.2) is 25.6 Å². The van der Waals surface area contributed by atoms with Gasteiger partial charge in [0.05, 0.1) is 18.8 Å². The summed E-state index contributed by atoms with van der Waals surface area (Å²) in [4.78, 5) is 11.3. The summed E-state index contributed by atoms with van der Waals surface area (Å²) in [6.45, 7) is 3.32. The maximum Gasteiger partial charge on any atom is 0.163 e. The molecule has 0 aliphatic carbocycles. The first-order valence-corrected chi connectivity index (χ1v) is 5.68. The van der Waals surface area contributed by atoms with E-state index in [9.17, 15) is 9.18 Å². The van der Waals surface area contributed by atoms with Crippen LogP contribution in [0.4, 0.5) is 4.39 Å². The largest absolute Gasteiger partial charge is 0.492 e. The van der Waals surface area contributed by atoms with Crippen molar-refractivity contribution >= 4 is 5.78 Å². The maximum atomic E-state index is 13.1. The van der Waals surface area contributed by atoms with E-state index in [0.29, 0.717) is 30.4 Å². The van der Waals surface area contributed by atoms with Crippen molar-refractivity contribution in [3.8, 4) is 5.75 Å². The van der Waals surface area contributed by atoms with Crippen molar-refractivity contribution < 1.29 is 18.7 Å². The van der Waals surface area contributed by atoms with Gasteiger partial charge in [0.15, 0.2) is 5.78 Å². The zero-order valence-corrected chi connectivity index (χ0v) is 9.74. The van der Waals surface area contributed by atoms with E-state index in [4.69, 9.17) is 9.47 Å². The van der Waals surface area contributed by atoms with Crippen molar-refractivity contribution in [2.45, 2.75) is 13.3 Å². The fraction of sp³-hybridized carbons (Fsp3) is 0.462. The first kappa shape index (κ1) is 12.0. The minimum absolute atomic E-state index is 0.123. The number of hydrogen-bond donors (Lipinski definition) is 0. The molecule has 1 aromatic rings. The highest BCUT2D eigenvalue weighted by Crippen LogP contribution is 2.22. The molecule has 1 fully saturated rings. The van der Waals surface area contributed by atoms with Gasteiger partial charge in [0, 0.05) is 18.6 Å². The summed E-state index contributed by atoms with van der Waals surface area (Å²) in [5, 5.41) is 0. The number of halogens is 1. The Hall–Kier alpha value is -1.42. The Balaban J connectivity index is 2.07. The summed E-state index contributed by atoms with van der Waals surface area (Å²) in [5.74, 6) is 0.137. The molecule has 0 N–H and O–H groups in total. The van der Waals surface area contributed by atoms with Gasteiger partial charge in [0.2, 0.25) is 0 Å². The summed E-state index contributed by atoms with van der Waals surface area (Å²) in [6, 6.07) is 3.98. The molecular formula is C13H15FO3. The second-order valence-corrected chi connectivity index (χ2v) is 4.24. The molecule has 1 aliphatic heterocycles. The Labute approximate surface area is 99.5 Å². The molecule has 0 amide bonds. The fourth-order valence-electron chi connectivity index (χ4n) is 1.83. The highest BCUT2D eigenvalue weighted by Gasteiger charge is 2.17. The predicted molar refractivity (Wildman–Crippen MR) is 60.8 cm³/mol. The van der Waals surface area contributed by atoms with Crippen LogP contribution in [-0.2, 0) is 4.74 Å². The lowest BCUT2D eigenvalue weighted by atomic mass is 10.1. The molecular weight excluding hydrogens is 223 g/mol. The van der Waals surface area contributed by atoms with Crippen LogP contribution in [0, 0.1) is 11.7 Å². The molecule has 2 rings (SSSR count). The number of Topliss-reactive ketones (excluding diaryl/α,β-unsaturated/α-hetero) is 1. The van der Waals surface area contributed by atoms with Crippen molar-refractivity contribution in [1.29, 1.82) is 0 Å². The lowest BCUT2D eigenvalue weighted by Crippen LogP contribution is -2.13. The van der Waals surface area contributed by atoms with Crippen molar-refractivity contribution in [3.63, 3.8) is 0 Å². The Morgan fingerprint density at radius 1 is 1.59 bits per heavy atom. The minimum Gasteiger partial charge on any atom is -0.492 e. The van der Waals surface area contributed by atoms with Crippen LogP contribution < -0.4 is 4.74 Å². The Kier molecular flexibility index (Phi) is 3.74. The molecule has 92 valence electrons. The molecule has 1 atom stereocenters. The van der Waals surface area contributed by atoms with Crippen LogP contribution in [0.1, 0.15) is 23.7 Å². The third-order valence-corrected chi connectivity index (χ3v) is 2.82. The zero-order chi connectivity index (χ0) is 12.3. The second kappa shape index (κ2) is 5.27. The molecule has 0 bridgehead atoms. The molecule has 1 aromatic carbocycles. The molecule has 0 aromatic heterocycles. The summed E-state index contributed by atoms with van der Waals surface area (Å²) < 4.78 is 23.8. The van der Waals surface area contributed by atoms with Crippen LogP contribution in [0.2, 0.25) is 0 Å². The number of rotatable bonds is 4. The van der Waals surface area contributed by atoms with E-state index in [2.05, 4.69) is 0 Å². The van der Waals surface area contributed by atoms with Gasteiger partial charge in [-0.3, -0.25) is 4.79 Å². The maximum absolute atomic E-state index is 13.1. The molecule has 3 nitrogen and oxygen atoms in total. The molecule has 0 saturated carbocycles. The number of carbonyl (C=O) groups excluding carboxylic acids is 1. The van der Waals surface area contributed by atoms with Gasteiger partial charge in [-0.25, -0.2) is 4.39 Å². The third-order valence-electron chi connectivity index (χ3n) is 2.82. The summed E-state index contributed by atoms with van der Waals surface area (Å²) in [7, 11) is 0. The average Bonchev–Trinajstić information content (AvgIpc) is 2.78. The predicted octanol–water partition coefficient (Wildman–Crippen LogP) is 2.44. The van der Waals surface area contributed by atoms with E-state index >= 15 is 0 Å². The molecule has 1 aliphatic rings. The number of carbonyl (C=O) groups is 1. The highest BCUT2D eigenvalue weighted by molar-refractivity contribution is 5.96. The topological polar surface area (TPSA) is 35.5 Å². The van der Waals surface area contributed by atoms with Crippen LogP contribution in [0.15, 0.2) is 18.2 Å². The van der Waals surface area contributed by atoms with Crippen molar-refractivity contribution in [2.24, 2.45) is 5.92 Å². The van der Waals surface area contributed by atoms with E-state index in [1.165, 1.54) is 25.1 Å². The molecule has 1 heterocycles. The van der Waals surface area contributed by atoms with Gasteiger partial charge in [-0.1, -0.05) is 0 Å². The van der Waals surface area contributed by atoms with Gasteiger partial charge in [0.1, 0.15) is 11.6 Å². The Morgan fingerprint density at radius 3 is 3.06 bits per heavy atom. The number of ketones is 1. The highest BCUT2D eigenvalue weighted by atomic mass is 19.1. The number of benzene rings is 1. The first-order chi connectivity index (χ1) is 8.16. The van der Waals surface area contributed by atoms with Crippen molar-refractivity contribution in [3.05, 3.63) is 29.6 Å². The molecule has 4 heteroatoms. The average molecular weight is 238 g/mol. The molecule has 0 spiro atoms. The second-order valence-electron chi connectivity index (χ2n) is 4.24. The first-order valence-electron chi connectivity index (χ1n) is 5.68. The smallest absolute Gasteiger partial charge is 0.163 e. The van der Waals surface area contributed by atoms with Gasteiger partial charge in [0.25, 0.3) is 0 Å². The van der Waals surface area contributed by atoms with Gasteiger partial charge >= 0.3 is 0 Å². The van der Waals surface area contributed by atoms with Gasteiger partial charge in [-0.15, -0.1) is 0 Å². The van der Waals surface area contributed by atoms with E-state index in [1.807, 2.05) is 0 Å². The SMILES string of the molecule is CC(=O)c1ccc(F)cc1OCC1CCOC1. The summed E-state index contributed by atoms with van der Waals surface area (Å²) in [6.07, 6.45) is 0.949. The lowest BCUT2D eigenvalue weighted by molar-refractivity contribution is 0.101. The monoisotopic (exact) mass is 238 g/mol. The van der Waals surface area contributed by atoms with Gasteiger partial charge in [-0.2, -0.15) is 0 Å². The quantitative estimate of drug-likeness (QED) is 0.756. The molecule has 17 heavy (non-hydrogen) atoms. The van der Waals surface area contributed by atoms with E-state index in [-0.39, 0.29) is 5.78 Å². The van der Waals surface area contributed by atoms with Crippen LogP contribution in [0.5, 0.6) is 5.75 Å². The number of hydrogen-bond acceptors (Lipinski definition) is 3. The molecule has 1 unspecified atom stereocenters. The van der Waals surface area contributed by atoms with Crippen molar-refractivity contribution in [2.75, 3.05) is 19.8 Å². The summed E-state index contributed by atoms with van der Waals surface area (Å²) in [5.41, 5.74) is 0.422. The third kappa shape index (κ3) is 3.03. The van der Waals surface area contributed by atoms with Crippen molar-refractivity contribution in [1.82, 2.24) is 0 Å². The van der Waals surface area contributed by atoms with E-state index < -0.39 is 5.82 Å². The Bertz CT molecular complexity index is 411. The van der Waals surface area contributed by atoms with Gasteiger partial charge in [-0.05, 0) is 25.5 Å². The standard InChI is InChI=1S/C13H15FO3/c1-9(15)12-3-2-11(14)6-13(12)17-8-10-4-5-16-7-10/h2-3,6,10H,4-5,7-8H2,1H3. The Morgan fingerprint density at radius 2 is 2.41 bits per heavy atom. The van der Waals surface area contributed by atoms with Crippen LogP contribution in [0.25, 0.3) is 0 Å². The molecule has 1 saturated heterocycles. The number of ether oxygens (including phenoxy) is 2. The minimum atomic E-state index is -0.396. The van der Waals surface area contributed by atoms with Crippen LogP contribution in [0.3, 0.4) is 0 Å². The zero-order valence-electron chi connectivity index (χ0n) is 9.74. The normalized spacial score (nSPS) is 19.3. The molecule has 0 radical (unpaired) electrons. The van der Waals surface area contributed by atoms with E-state index in [1.54, 1.807) is 0 Å². The van der Waals surface area contributed by atoms with E-state index in [0.717, 1.165) is 13.0 Å². The van der Waals surface area contributed by atoms with Crippen LogP contribution >= 0.6 is 0 Å². The fourth-order valence-corrected chi connectivity index (χ4v) is 1.83. The summed E-state index contributed by atoms with van der Waals surface area (Å²) >= 11 is 0. The lowest BCUT2D eigenvalue weighted by Gasteiger charge is -2.12. The van der Waals surface area contributed by atoms with Gasteiger partial charge < -0.3 is 9.47 Å².